The van der Waals surface area contributed by atoms with E-state index < -0.39 is 5.54 Å². The van der Waals surface area contributed by atoms with E-state index in [9.17, 15) is 4.79 Å². The number of hydrogen-bond donors (Lipinski definition) is 2. The van der Waals surface area contributed by atoms with Crippen LogP contribution in [-0.4, -0.2) is 27.5 Å². The molecule has 0 aliphatic heterocycles. The van der Waals surface area contributed by atoms with E-state index in [2.05, 4.69) is 10.3 Å². The Hall–Kier alpha value is -1.36. The van der Waals surface area contributed by atoms with E-state index in [1.165, 1.54) is 0 Å². The molecular formula is C11H20N4O. The molecule has 1 aromatic heterocycles. The number of imidazole rings is 1. The number of hydrogen-bond acceptors (Lipinski definition) is 3. The summed E-state index contributed by atoms with van der Waals surface area (Å²) in [5, 5.41) is 2.82. The van der Waals surface area contributed by atoms with Crippen LogP contribution in [0.5, 0.6) is 0 Å². The Kier molecular flexibility index (Phi) is 4.06. The van der Waals surface area contributed by atoms with Crippen molar-refractivity contribution in [3.05, 3.63) is 18.2 Å². The normalized spacial score (nSPS) is 14.5. The van der Waals surface area contributed by atoms with Gasteiger partial charge in [0.2, 0.25) is 5.91 Å². The van der Waals surface area contributed by atoms with Gasteiger partial charge in [-0.2, -0.15) is 0 Å². The smallest absolute Gasteiger partial charge is 0.239 e. The molecule has 0 aromatic carbocycles. The Morgan fingerprint density at radius 1 is 1.69 bits per heavy atom. The molecule has 16 heavy (non-hydrogen) atoms. The van der Waals surface area contributed by atoms with Crippen molar-refractivity contribution in [3.63, 3.8) is 0 Å². The Balaban J connectivity index is 2.37. The van der Waals surface area contributed by atoms with Crippen molar-refractivity contribution in [2.75, 3.05) is 6.54 Å². The molecule has 1 atom stereocenters. The molecule has 5 heteroatoms. The lowest BCUT2D eigenvalue weighted by molar-refractivity contribution is -0.125. The number of nitrogens with zero attached hydrogens (tertiary/aromatic N) is 2. The molecule has 1 heterocycles. The van der Waals surface area contributed by atoms with Crippen molar-refractivity contribution < 1.29 is 4.79 Å². The third-order valence-electron chi connectivity index (χ3n) is 2.81. The summed E-state index contributed by atoms with van der Waals surface area (Å²) in [6.45, 7) is 4.21. The van der Waals surface area contributed by atoms with Crippen molar-refractivity contribution in [2.45, 2.75) is 32.2 Å². The van der Waals surface area contributed by atoms with Crippen molar-refractivity contribution in [2.24, 2.45) is 12.8 Å². The van der Waals surface area contributed by atoms with Gasteiger partial charge < -0.3 is 15.6 Å². The van der Waals surface area contributed by atoms with E-state index in [1.807, 2.05) is 24.7 Å². The largest absolute Gasteiger partial charge is 0.354 e. The topological polar surface area (TPSA) is 72.9 Å². The fourth-order valence-electron chi connectivity index (χ4n) is 1.29. The highest BCUT2D eigenvalue weighted by molar-refractivity contribution is 5.85. The summed E-state index contributed by atoms with van der Waals surface area (Å²) in [7, 11) is 1.93. The van der Waals surface area contributed by atoms with Gasteiger partial charge in [0, 0.05) is 32.4 Å². The first-order valence-corrected chi connectivity index (χ1v) is 5.50. The maximum Gasteiger partial charge on any atom is 0.239 e. The number of carbonyl (C=O) groups excluding carboxylic acids is 1. The molecular weight excluding hydrogens is 204 g/mol. The molecule has 0 spiro atoms. The highest BCUT2D eigenvalue weighted by Crippen LogP contribution is 2.04. The molecule has 3 N–H and O–H groups in total. The van der Waals surface area contributed by atoms with Crippen LogP contribution in [0.3, 0.4) is 0 Å². The molecule has 0 aliphatic carbocycles. The Morgan fingerprint density at radius 2 is 2.38 bits per heavy atom. The number of aromatic nitrogens is 2. The third-order valence-corrected chi connectivity index (χ3v) is 2.81. The van der Waals surface area contributed by atoms with E-state index in [0.717, 1.165) is 12.2 Å². The minimum Gasteiger partial charge on any atom is -0.354 e. The summed E-state index contributed by atoms with van der Waals surface area (Å²) in [5.41, 5.74) is 5.04. The van der Waals surface area contributed by atoms with Crippen molar-refractivity contribution in [1.29, 1.82) is 0 Å². The van der Waals surface area contributed by atoms with Crippen LogP contribution in [0.2, 0.25) is 0 Å². The van der Waals surface area contributed by atoms with E-state index in [-0.39, 0.29) is 5.91 Å². The summed E-state index contributed by atoms with van der Waals surface area (Å²) >= 11 is 0. The number of aryl methyl sites for hydroxylation is 1. The maximum atomic E-state index is 11.6. The quantitative estimate of drug-likeness (QED) is 0.750. The van der Waals surface area contributed by atoms with Gasteiger partial charge in [-0.3, -0.25) is 4.79 Å². The second-order valence-corrected chi connectivity index (χ2v) is 4.23. The SMILES string of the molecule is CCC(C)(N)C(=O)NCCc1nccn1C. The molecule has 0 bridgehead atoms. The zero-order valence-corrected chi connectivity index (χ0v) is 10.2. The van der Waals surface area contributed by atoms with Crippen molar-refractivity contribution in [1.82, 2.24) is 14.9 Å². The van der Waals surface area contributed by atoms with Crippen molar-refractivity contribution >= 4 is 5.91 Å². The lowest BCUT2D eigenvalue weighted by atomic mass is 10.00. The summed E-state index contributed by atoms with van der Waals surface area (Å²) in [5.74, 6) is 0.847. The van der Waals surface area contributed by atoms with Crippen LogP contribution in [0, 0.1) is 0 Å². The lowest BCUT2D eigenvalue weighted by Crippen LogP contribution is -2.51. The second-order valence-electron chi connectivity index (χ2n) is 4.23. The first kappa shape index (κ1) is 12.7. The van der Waals surface area contributed by atoms with Gasteiger partial charge >= 0.3 is 0 Å². The van der Waals surface area contributed by atoms with Gasteiger partial charge in [-0.25, -0.2) is 4.98 Å². The summed E-state index contributed by atoms with van der Waals surface area (Å²) in [6, 6.07) is 0. The molecule has 0 fully saturated rings. The Bertz CT molecular complexity index is 357. The molecule has 0 saturated heterocycles. The molecule has 5 nitrogen and oxygen atoms in total. The first-order chi connectivity index (χ1) is 7.47. The summed E-state index contributed by atoms with van der Waals surface area (Å²) in [4.78, 5) is 15.8. The number of nitrogens with two attached hydrogens (primary N) is 1. The average molecular weight is 224 g/mol. The van der Waals surface area contributed by atoms with Gasteiger partial charge in [0.05, 0.1) is 5.54 Å². The third kappa shape index (κ3) is 3.06. The van der Waals surface area contributed by atoms with Crippen LogP contribution < -0.4 is 11.1 Å². The van der Waals surface area contributed by atoms with Crippen LogP contribution in [0.25, 0.3) is 0 Å². The predicted molar refractivity (Wildman–Crippen MR) is 62.8 cm³/mol. The van der Waals surface area contributed by atoms with Crippen LogP contribution in [0.15, 0.2) is 12.4 Å². The van der Waals surface area contributed by atoms with Gasteiger partial charge in [-0.1, -0.05) is 6.92 Å². The molecule has 0 aliphatic rings. The van der Waals surface area contributed by atoms with E-state index >= 15 is 0 Å². The molecule has 1 rings (SSSR count). The highest BCUT2D eigenvalue weighted by Gasteiger charge is 2.25. The van der Waals surface area contributed by atoms with Crippen LogP contribution >= 0.6 is 0 Å². The zero-order valence-electron chi connectivity index (χ0n) is 10.2. The van der Waals surface area contributed by atoms with E-state index in [1.54, 1.807) is 13.1 Å². The van der Waals surface area contributed by atoms with Gasteiger partial charge in [-0.05, 0) is 13.3 Å². The van der Waals surface area contributed by atoms with Gasteiger partial charge in [0.25, 0.3) is 0 Å². The standard InChI is InChI=1S/C11H20N4O/c1-4-11(2,12)10(16)14-6-5-9-13-7-8-15(9)3/h7-8H,4-6,12H2,1-3H3,(H,14,16). The minimum absolute atomic E-state index is 0.107. The zero-order chi connectivity index (χ0) is 12.2. The fraction of sp³-hybridized carbons (Fsp3) is 0.636. The summed E-state index contributed by atoms with van der Waals surface area (Å²) < 4.78 is 1.94. The van der Waals surface area contributed by atoms with Gasteiger partial charge in [0.15, 0.2) is 0 Å². The molecule has 1 amide bonds. The molecule has 1 aromatic rings. The van der Waals surface area contributed by atoms with E-state index in [4.69, 9.17) is 5.73 Å². The van der Waals surface area contributed by atoms with Crippen LogP contribution in [0.1, 0.15) is 26.1 Å². The lowest BCUT2D eigenvalue weighted by Gasteiger charge is -2.21. The first-order valence-electron chi connectivity index (χ1n) is 5.50. The molecule has 0 radical (unpaired) electrons. The number of carbonyl (C=O) groups is 1. The maximum absolute atomic E-state index is 11.6. The van der Waals surface area contributed by atoms with Crippen LogP contribution in [-0.2, 0) is 18.3 Å². The number of nitrogens with one attached hydrogen (secondary N) is 1. The van der Waals surface area contributed by atoms with E-state index in [0.29, 0.717) is 13.0 Å². The second kappa shape index (κ2) is 5.12. The molecule has 90 valence electrons. The molecule has 1 unspecified atom stereocenters. The number of amides is 1. The fourth-order valence-corrected chi connectivity index (χ4v) is 1.29. The van der Waals surface area contributed by atoms with Crippen molar-refractivity contribution in [3.8, 4) is 0 Å². The number of rotatable bonds is 5. The Morgan fingerprint density at radius 3 is 2.88 bits per heavy atom. The average Bonchev–Trinajstić information content (AvgIpc) is 2.64. The van der Waals surface area contributed by atoms with Gasteiger partial charge in [0.1, 0.15) is 5.82 Å². The van der Waals surface area contributed by atoms with Crippen LogP contribution in [0.4, 0.5) is 0 Å². The minimum atomic E-state index is -0.776. The predicted octanol–water partition coefficient (Wildman–Crippen LogP) is 0.206. The molecule has 0 saturated carbocycles. The monoisotopic (exact) mass is 224 g/mol. The summed E-state index contributed by atoms with van der Waals surface area (Å²) in [6.07, 6.45) is 4.97. The highest BCUT2D eigenvalue weighted by atomic mass is 16.2. The Labute approximate surface area is 96.0 Å². The van der Waals surface area contributed by atoms with Gasteiger partial charge in [-0.15, -0.1) is 0 Å².